The number of allylic oxidation sites excluding steroid dienone is 1. The van der Waals surface area contributed by atoms with Crippen molar-refractivity contribution in [1.82, 2.24) is 30.9 Å². The number of aromatic nitrogens is 3. The topological polar surface area (TPSA) is 211 Å². The Morgan fingerprint density at radius 2 is 1.60 bits per heavy atom. The summed E-state index contributed by atoms with van der Waals surface area (Å²) in [6, 6.07) is 30.8. The van der Waals surface area contributed by atoms with Crippen LogP contribution < -0.4 is 16.0 Å². The summed E-state index contributed by atoms with van der Waals surface area (Å²) in [5, 5.41) is 82.1. The van der Waals surface area contributed by atoms with Crippen molar-refractivity contribution in [2.75, 3.05) is 26.3 Å². The van der Waals surface area contributed by atoms with Gasteiger partial charge in [-0.05, 0) is 230 Å². The zero-order valence-corrected chi connectivity index (χ0v) is 53.5. The van der Waals surface area contributed by atoms with E-state index in [2.05, 4.69) is 106 Å². The Hall–Kier alpha value is -7.13. The molecule has 2 aromatic heterocycles. The van der Waals surface area contributed by atoms with E-state index < -0.39 is 11.5 Å². The summed E-state index contributed by atoms with van der Waals surface area (Å²) >= 11 is 0. The fourth-order valence-corrected chi connectivity index (χ4v) is 22.9. The minimum atomic E-state index is -0.570. The number of aliphatic hydroxyl groups is 1. The molecule has 13 nitrogen and oxygen atoms in total. The Balaban J connectivity index is 0.736. The number of aromatic amines is 2. The van der Waals surface area contributed by atoms with Crippen molar-refractivity contribution in [1.29, 1.82) is 0 Å². The summed E-state index contributed by atoms with van der Waals surface area (Å²) in [5.74, 6) is 1.72. The first-order valence-corrected chi connectivity index (χ1v) is 35.5. The van der Waals surface area contributed by atoms with Crippen LogP contribution in [0.3, 0.4) is 0 Å². The quantitative estimate of drug-likeness (QED) is 0.0226. The predicted octanol–water partition coefficient (Wildman–Crippen LogP) is 13.5. The molecule has 4 aliphatic heterocycles. The van der Waals surface area contributed by atoms with E-state index >= 15 is 0 Å². The van der Waals surface area contributed by atoms with Gasteiger partial charge in [-0.3, -0.25) is 0 Å². The molecule has 93 heavy (non-hydrogen) atoms. The number of aromatic hydroxyl groups is 5. The van der Waals surface area contributed by atoms with Crippen LogP contribution in [0.15, 0.2) is 134 Å². The van der Waals surface area contributed by atoms with Crippen molar-refractivity contribution in [3.63, 3.8) is 0 Å². The molecular weight excluding hydrogens is 1160 g/mol. The van der Waals surface area contributed by atoms with Gasteiger partial charge in [0.2, 0.25) is 0 Å². The van der Waals surface area contributed by atoms with Crippen molar-refractivity contribution in [2.45, 2.75) is 164 Å². The molecule has 11 N–H and O–H groups in total. The number of hydrogen-bond donors (Lipinski definition) is 11. The molecule has 16 atom stereocenters. The van der Waals surface area contributed by atoms with E-state index in [0.29, 0.717) is 58.6 Å². The number of aliphatic hydroxyl groups excluding tert-OH is 1. The lowest BCUT2D eigenvalue weighted by Gasteiger charge is -2.75. The smallest absolute Gasteiger partial charge is 0.169 e. The number of H-pyrrole nitrogens is 2. The van der Waals surface area contributed by atoms with Gasteiger partial charge in [0.05, 0.1) is 17.8 Å². The first-order valence-electron chi connectivity index (χ1n) is 35.5. The molecule has 6 heterocycles. The minimum absolute atomic E-state index is 0.000653. The van der Waals surface area contributed by atoms with E-state index in [1.807, 2.05) is 18.5 Å². The highest BCUT2D eigenvalue weighted by Gasteiger charge is 2.78. The number of nitrogens with one attached hydrogen (secondary N) is 5. The Bertz CT molecular complexity index is 4050. The van der Waals surface area contributed by atoms with Crippen LogP contribution >= 0.6 is 0 Å². The second-order valence-electron chi connectivity index (χ2n) is 30.6. The summed E-state index contributed by atoms with van der Waals surface area (Å²) in [6.07, 6.45) is 37.4. The van der Waals surface area contributed by atoms with Gasteiger partial charge < -0.3 is 61.3 Å². The largest absolute Gasteiger partial charge is 0.507 e. The van der Waals surface area contributed by atoms with Gasteiger partial charge in [-0.2, -0.15) is 0 Å². The maximum Gasteiger partial charge on any atom is 0.169 e. The monoisotopic (exact) mass is 1250 g/mol. The molecule has 3 saturated heterocycles. The highest BCUT2D eigenvalue weighted by molar-refractivity contribution is 6.03. The fourth-order valence-electron chi connectivity index (χ4n) is 22.9. The molecule has 484 valence electrons. The van der Waals surface area contributed by atoms with Crippen LogP contribution in [0.1, 0.15) is 158 Å². The molecular formula is C80H92N6O7. The maximum atomic E-state index is 13.3. The third-order valence-corrected chi connectivity index (χ3v) is 26.8. The van der Waals surface area contributed by atoms with Gasteiger partial charge in [0.1, 0.15) is 5.75 Å². The maximum absolute atomic E-state index is 13.3. The first kappa shape index (κ1) is 59.6. The Morgan fingerprint density at radius 1 is 0.731 bits per heavy atom. The number of rotatable bonds is 13. The number of aryl methyl sites for hydroxylation is 1. The molecule has 17 rings (SSSR count). The fraction of sp³-hybridized carbons (Fsp3) is 0.487. The van der Waals surface area contributed by atoms with Crippen molar-refractivity contribution in [3.8, 4) is 28.7 Å². The number of benzene rings is 5. The normalized spacial score (nSPS) is 34.9. The minimum Gasteiger partial charge on any atom is -0.507 e. The number of phenols is 5. The summed E-state index contributed by atoms with van der Waals surface area (Å²) in [5.41, 5.74) is 12.3. The van der Waals surface area contributed by atoms with Crippen LogP contribution in [-0.2, 0) is 42.3 Å². The number of hydrogen-bond acceptors (Lipinski definition) is 11. The van der Waals surface area contributed by atoms with Gasteiger partial charge in [0.25, 0.3) is 0 Å². The van der Waals surface area contributed by atoms with Crippen molar-refractivity contribution in [2.24, 2.45) is 51.8 Å². The molecule has 10 aliphatic rings. The second kappa shape index (κ2) is 23.4. The van der Waals surface area contributed by atoms with Gasteiger partial charge in [0.15, 0.2) is 23.0 Å². The van der Waals surface area contributed by atoms with Crippen LogP contribution in [0.2, 0.25) is 0 Å². The van der Waals surface area contributed by atoms with Gasteiger partial charge in [-0.1, -0.05) is 116 Å². The van der Waals surface area contributed by atoms with E-state index in [-0.39, 0.29) is 86.4 Å². The second-order valence-corrected chi connectivity index (χ2v) is 30.6. The standard InChI is InChI=1S/C80H92N6O7/c87-67-25-17-48(35-70(67)90)16-22-58-59-11-4-12-68(88)72(59)74(92)73(91)60(58)23-15-47-13-18-50(19-14-47)64-39-77(62-38-56-10-6-30-79(56)32-31-78-29-5-9-55(78)21-26-69(89)75(78)80(79,76(62)86-64)71-44-82-46-84-71)40-65-54(36-61(66(41-77)85-65)49-7-2-1-3-8-49)42-81-33-27-52-43-83-63-37-51-28-34-93-45-53(51)20-24-57(52)63/h1-4,7-8,11-14,16-19,21-22,25-26,35-36,43-44,46,51,53,55-56,61-62,64-66,69,75-76,81,83,85-92H,5-6,9-10,15,20,23-24,27-34,37-42,45H2,(H,82,84)/b22-16+/t51-,53-,55-,56+,61-,62+,64+,65+,66-,69+,75-,76+,77+,78+,79+,80-/m1/s1. The number of fused-ring (bicyclic) bond motifs is 9. The van der Waals surface area contributed by atoms with E-state index in [1.54, 1.807) is 23.8 Å². The Kier molecular flexibility index (Phi) is 15.0. The number of piperidine rings is 2. The summed E-state index contributed by atoms with van der Waals surface area (Å²) < 4.78 is 5.97. The molecule has 0 amide bonds. The SMILES string of the molecule is Oc1ccc(/C=C/c2c(CCc3ccc([C@@H]4C[C@@]5(C[C@@H]6N[C@H](C5)[C@@H](c5ccccc5)C=C6CNCCc5c[nH]c6c5CC[C@@H]5COCC[C@@H]5C6)[C@H]5C[C@@H]6CCC[C@]67CC[C@@]68CCC[C@@H]6C=C[C@H](O)[C@H]8[C@]7(c6cnc[nH]6)[C@H]5N4)cc3)c(O)c(O)c3c(O)cccc23)cc1O. The van der Waals surface area contributed by atoms with Crippen LogP contribution in [0.4, 0.5) is 0 Å². The van der Waals surface area contributed by atoms with E-state index in [0.717, 1.165) is 82.7 Å². The molecule has 6 aliphatic carbocycles. The van der Waals surface area contributed by atoms with E-state index in [1.165, 1.54) is 116 Å². The average Bonchev–Trinajstić information content (AvgIpc) is 1.64. The zero-order valence-electron chi connectivity index (χ0n) is 53.5. The number of nitrogens with zero attached hydrogens (tertiary/aromatic N) is 1. The predicted molar refractivity (Wildman–Crippen MR) is 363 cm³/mol. The first-order chi connectivity index (χ1) is 45.4. The third kappa shape index (κ3) is 9.56. The highest BCUT2D eigenvalue weighted by atomic mass is 16.5. The molecule has 7 aromatic rings. The Labute approximate surface area is 546 Å². The van der Waals surface area contributed by atoms with Crippen molar-refractivity contribution < 1.29 is 35.4 Å². The van der Waals surface area contributed by atoms with Crippen LogP contribution in [-0.4, -0.2) is 96.1 Å². The highest BCUT2D eigenvalue weighted by Crippen LogP contribution is 2.79. The van der Waals surface area contributed by atoms with Crippen molar-refractivity contribution in [3.05, 3.63) is 189 Å². The Morgan fingerprint density at radius 3 is 2.46 bits per heavy atom. The molecule has 3 spiro atoms. The summed E-state index contributed by atoms with van der Waals surface area (Å²) in [7, 11) is 0. The van der Waals surface area contributed by atoms with Crippen LogP contribution in [0, 0.1) is 51.8 Å². The molecule has 13 heteroatoms. The van der Waals surface area contributed by atoms with Crippen LogP contribution in [0.5, 0.6) is 28.7 Å². The molecule has 0 unspecified atom stereocenters. The van der Waals surface area contributed by atoms with Gasteiger partial charge >= 0.3 is 0 Å². The molecule has 2 bridgehead atoms. The third-order valence-electron chi connectivity index (χ3n) is 26.8. The van der Waals surface area contributed by atoms with Gasteiger partial charge in [-0.25, -0.2) is 4.98 Å². The molecule has 7 fully saturated rings. The van der Waals surface area contributed by atoms with Crippen LogP contribution in [0.25, 0.3) is 22.9 Å². The summed E-state index contributed by atoms with van der Waals surface area (Å²) in [4.78, 5) is 12.7. The van der Waals surface area contributed by atoms with E-state index in [4.69, 9.17) is 15.0 Å². The van der Waals surface area contributed by atoms with Crippen molar-refractivity contribution >= 4 is 22.9 Å². The summed E-state index contributed by atoms with van der Waals surface area (Å²) in [6.45, 7) is 3.56. The number of ether oxygens (including phenoxy) is 1. The molecule has 4 saturated carbocycles. The number of phenolic OH excluding ortho intramolecular Hbond substituents is 5. The molecule has 0 radical (unpaired) electrons. The lowest BCUT2D eigenvalue weighted by molar-refractivity contribution is -0.217. The van der Waals surface area contributed by atoms with Gasteiger partial charge in [0, 0.05) is 90.5 Å². The lowest BCUT2D eigenvalue weighted by atomic mass is 9.31. The van der Waals surface area contributed by atoms with Gasteiger partial charge in [-0.15, -0.1) is 0 Å². The molecule has 5 aromatic carbocycles. The lowest BCUT2D eigenvalue weighted by Crippen LogP contribution is -2.78. The average molecular weight is 1250 g/mol. The zero-order chi connectivity index (χ0) is 62.8. The van der Waals surface area contributed by atoms with E-state index in [9.17, 15) is 30.6 Å². The number of imidazole rings is 1.